The van der Waals surface area contributed by atoms with E-state index in [0.717, 1.165) is 25.3 Å². The van der Waals surface area contributed by atoms with Crippen molar-refractivity contribution in [1.29, 1.82) is 0 Å². The molecule has 1 aromatic carbocycles. The van der Waals surface area contributed by atoms with Crippen LogP contribution in [0.4, 0.5) is 0 Å². The predicted octanol–water partition coefficient (Wildman–Crippen LogP) is 4.02. The summed E-state index contributed by atoms with van der Waals surface area (Å²) in [5.74, 6) is 0.558. The van der Waals surface area contributed by atoms with E-state index in [2.05, 4.69) is 49.7 Å². The van der Waals surface area contributed by atoms with Gasteiger partial charge in [0.15, 0.2) is 0 Å². The van der Waals surface area contributed by atoms with E-state index in [1.165, 1.54) is 22.3 Å². The molecule has 0 N–H and O–H groups in total. The number of hydrogen-bond donors (Lipinski definition) is 0. The number of benzene rings is 1. The Labute approximate surface area is 134 Å². The molecule has 4 heteroatoms. The minimum Gasteiger partial charge on any atom is -0.395 e. The Kier molecular flexibility index (Phi) is 10.1. The quantitative estimate of drug-likeness (QED) is 0.847. The summed E-state index contributed by atoms with van der Waals surface area (Å²) in [5.41, 5.74) is 6.47. The van der Waals surface area contributed by atoms with E-state index in [9.17, 15) is 0 Å². The van der Waals surface area contributed by atoms with Gasteiger partial charge >= 0.3 is 0 Å². The van der Waals surface area contributed by atoms with Crippen LogP contribution >= 0.6 is 0 Å². The van der Waals surface area contributed by atoms with Crippen molar-refractivity contribution < 1.29 is 14.4 Å². The lowest BCUT2D eigenvalue weighted by Crippen LogP contribution is -2.07. The molecule has 0 spiro atoms. The monoisotopic (exact) mass is 307 g/mol. The van der Waals surface area contributed by atoms with Crippen LogP contribution < -0.4 is 0 Å². The molecule has 4 nitrogen and oxygen atoms in total. The third kappa shape index (κ3) is 5.60. The normalized spacial score (nSPS) is 12.6. The first-order chi connectivity index (χ1) is 10.5. The maximum Gasteiger partial charge on any atom is 0.122 e. The molecule has 0 unspecified atom stereocenters. The van der Waals surface area contributed by atoms with Crippen molar-refractivity contribution in [3.63, 3.8) is 0 Å². The molecule has 1 aromatic rings. The van der Waals surface area contributed by atoms with E-state index in [1.54, 1.807) is 7.11 Å². The smallest absolute Gasteiger partial charge is 0.122 e. The maximum absolute atomic E-state index is 8.00. The molecule has 0 saturated heterocycles. The van der Waals surface area contributed by atoms with Crippen LogP contribution in [0.5, 0.6) is 0 Å². The first kappa shape index (κ1) is 20.3. The Hall–Kier alpha value is -1.68. The second-order valence-electron chi connectivity index (χ2n) is 5.32. The number of nitrogens with zero attached hydrogens (tertiary/aromatic N) is 1. The molecule has 0 aromatic heterocycles. The number of aryl methyl sites for hydroxylation is 1. The fourth-order valence-corrected chi connectivity index (χ4v) is 2.41. The number of methoxy groups -OCH3 is 1. The van der Waals surface area contributed by atoms with E-state index in [-0.39, 0.29) is 0 Å². The van der Waals surface area contributed by atoms with Crippen LogP contribution in [0, 0.1) is 13.8 Å². The van der Waals surface area contributed by atoms with Crippen LogP contribution in [0.3, 0.4) is 0 Å². The van der Waals surface area contributed by atoms with Crippen molar-refractivity contribution in [2.24, 2.45) is 5.16 Å². The summed E-state index contributed by atoms with van der Waals surface area (Å²) in [4.78, 5) is 13.1. The van der Waals surface area contributed by atoms with Crippen molar-refractivity contribution in [3.05, 3.63) is 34.4 Å². The molecule has 1 aliphatic rings. The molecule has 1 aliphatic heterocycles. The lowest BCUT2D eigenvalue weighted by atomic mass is 9.89. The number of hydrogen-bond acceptors (Lipinski definition) is 4. The SMILES string of the molecule is C=O.CCOC.Cc1ccc(C(C)C)c(C)c1C1=NOCC1. The van der Waals surface area contributed by atoms with Gasteiger partial charge in [-0.05, 0) is 43.4 Å². The summed E-state index contributed by atoms with van der Waals surface area (Å²) in [6.45, 7) is 14.3. The molecule has 0 bridgehead atoms. The molecule has 0 saturated carbocycles. The Bertz CT molecular complexity index is 479. The van der Waals surface area contributed by atoms with Crippen LogP contribution in [0.2, 0.25) is 0 Å². The maximum atomic E-state index is 8.00. The molecule has 0 aliphatic carbocycles. The van der Waals surface area contributed by atoms with Crippen LogP contribution in [-0.2, 0) is 14.4 Å². The third-order valence-electron chi connectivity index (χ3n) is 3.52. The molecular formula is C18H29NO3. The molecule has 1 heterocycles. The van der Waals surface area contributed by atoms with E-state index < -0.39 is 0 Å². The zero-order chi connectivity index (χ0) is 17.1. The van der Waals surface area contributed by atoms with Gasteiger partial charge in [0.1, 0.15) is 13.4 Å². The largest absolute Gasteiger partial charge is 0.395 e. The lowest BCUT2D eigenvalue weighted by molar-refractivity contribution is -0.0979. The number of ether oxygens (including phenoxy) is 1. The highest BCUT2D eigenvalue weighted by atomic mass is 16.6. The fourth-order valence-electron chi connectivity index (χ4n) is 2.41. The summed E-state index contributed by atoms with van der Waals surface area (Å²) >= 11 is 0. The fraction of sp³-hybridized carbons (Fsp3) is 0.556. The standard InChI is InChI=1S/C14H19NO.C3H8O.CH2O/c1-9(2)12-6-5-10(3)14(11(12)4)13-7-8-16-15-13;1-3-4-2;1-2/h5-6,9H,7-8H2,1-4H3;3H2,1-2H3;1H2. The van der Waals surface area contributed by atoms with E-state index in [0.29, 0.717) is 5.92 Å². The van der Waals surface area contributed by atoms with Crippen molar-refractivity contribution >= 4 is 12.5 Å². The first-order valence-corrected chi connectivity index (χ1v) is 7.60. The second kappa shape index (κ2) is 11.0. The number of rotatable bonds is 3. The molecule has 0 atom stereocenters. The van der Waals surface area contributed by atoms with Crippen molar-refractivity contribution in [2.45, 2.75) is 47.0 Å². The summed E-state index contributed by atoms with van der Waals surface area (Å²) < 4.78 is 4.54. The summed E-state index contributed by atoms with van der Waals surface area (Å²) in [6.07, 6.45) is 0.934. The Balaban J connectivity index is 0.000000640. The van der Waals surface area contributed by atoms with E-state index in [4.69, 9.17) is 9.63 Å². The van der Waals surface area contributed by atoms with Crippen LogP contribution in [0.25, 0.3) is 0 Å². The summed E-state index contributed by atoms with van der Waals surface area (Å²) in [6, 6.07) is 4.42. The predicted molar refractivity (Wildman–Crippen MR) is 91.8 cm³/mol. The van der Waals surface area contributed by atoms with Gasteiger partial charge in [-0.2, -0.15) is 0 Å². The minimum atomic E-state index is 0.558. The molecule has 2 rings (SSSR count). The highest BCUT2D eigenvalue weighted by Crippen LogP contribution is 2.26. The number of carbonyl (C=O) groups excluding carboxylic acids is 1. The average Bonchev–Trinajstić information content (AvgIpc) is 3.03. The Morgan fingerprint density at radius 3 is 2.32 bits per heavy atom. The highest BCUT2D eigenvalue weighted by molar-refractivity contribution is 6.03. The molecule has 0 radical (unpaired) electrons. The van der Waals surface area contributed by atoms with Crippen molar-refractivity contribution in [3.8, 4) is 0 Å². The topological polar surface area (TPSA) is 47.9 Å². The zero-order valence-corrected chi connectivity index (χ0v) is 14.7. The first-order valence-electron chi connectivity index (χ1n) is 7.60. The lowest BCUT2D eigenvalue weighted by Gasteiger charge is -2.15. The Morgan fingerprint density at radius 1 is 1.32 bits per heavy atom. The van der Waals surface area contributed by atoms with Gasteiger partial charge in [0.2, 0.25) is 0 Å². The molecule has 0 fully saturated rings. The minimum absolute atomic E-state index is 0.558. The van der Waals surface area contributed by atoms with Gasteiger partial charge in [0.25, 0.3) is 0 Å². The van der Waals surface area contributed by atoms with Crippen molar-refractivity contribution in [2.75, 3.05) is 20.3 Å². The summed E-state index contributed by atoms with van der Waals surface area (Å²) in [7, 11) is 1.68. The van der Waals surface area contributed by atoms with Gasteiger partial charge in [0, 0.05) is 25.7 Å². The van der Waals surface area contributed by atoms with E-state index >= 15 is 0 Å². The van der Waals surface area contributed by atoms with Crippen LogP contribution in [0.15, 0.2) is 17.3 Å². The van der Waals surface area contributed by atoms with Crippen LogP contribution in [-0.4, -0.2) is 32.8 Å². The molecule has 124 valence electrons. The zero-order valence-electron chi connectivity index (χ0n) is 14.7. The van der Waals surface area contributed by atoms with Gasteiger partial charge in [-0.1, -0.05) is 31.1 Å². The van der Waals surface area contributed by atoms with Gasteiger partial charge in [0.05, 0.1) is 5.71 Å². The summed E-state index contributed by atoms with van der Waals surface area (Å²) in [5, 5.41) is 4.14. The van der Waals surface area contributed by atoms with Crippen molar-refractivity contribution in [1.82, 2.24) is 0 Å². The molecular weight excluding hydrogens is 278 g/mol. The van der Waals surface area contributed by atoms with Crippen LogP contribution in [0.1, 0.15) is 55.4 Å². The average molecular weight is 307 g/mol. The van der Waals surface area contributed by atoms with Gasteiger partial charge in [-0.3, -0.25) is 0 Å². The Morgan fingerprint density at radius 2 is 1.91 bits per heavy atom. The van der Waals surface area contributed by atoms with Gasteiger partial charge in [-0.25, -0.2) is 0 Å². The van der Waals surface area contributed by atoms with E-state index in [1.807, 2.05) is 13.7 Å². The van der Waals surface area contributed by atoms with Gasteiger partial charge in [-0.15, -0.1) is 0 Å². The third-order valence-corrected chi connectivity index (χ3v) is 3.52. The number of carbonyl (C=O) groups is 1. The number of oxime groups is 1. The molecule has 22 heavy (non-hydrogen) atoms. The second-order valence-corrected chi connectivity index (χ2v) is 5.32. The highest BCUT2D eigenvalue weighted by Gasteiger charge is 2.18. The molecule has 0 amide bonds. The van der Waals surface area contributed by atoms with Gasteiger partial charge < -0.3 is 14.4 Å².